The summed E-state index contributed by atoms with van der Waals surface area (Å²) in [6.45, 7) is 4.59. The Kier molecular flexibility index (Phi) is 4.75. The summed E-state index contributed by atoms with van der Waals surface area (Å²) in [6.07, 6.45) is 0. The minimum absolute atomic E-state index is 0.149. The topological polar surface area (TPSA) is 79.6 Å². The number of phenols is 1. The number of aryl methyl sites for hydroxylation is 1. The molecule has 25 heavy (non-hydrogen) atoms. The number of benzene rings is 2. The van der Waals surface area contributed by atoms with Gasteiger partial charge in [-0.3, -0.25) is 0 Å². The lowest BCUT2D eigenvalue weighted by Crippen LogP contribution is -2.50. The lowest BCUT2D eigenvalue weighted by Gasteiger charge is -2.36. The van der Waals surface area contributed by atoms with E-state index >= 15 is 0 Å². The number of hydrogen-bond acceptors (Lipinski definition) is 4. The maximum Gasteiger partial charge on any atom is 0.321 e. The molecule has 0 unspecified atom stereocenters. The highest BCUT2D eigenvalue weighted by molar-refractivity contribution is 5.90. The molecule has 0 atom stereocenters. The average Bonchev–Trinajstić information content (AvgIpc) is 2.64. The van der Waals surface area contributed by atoms with Gasteiger partial charge in [0.25, 0.3) is 0 Å². The first-order valence-electron chi connectivity index (χ1n) is 8.17. The summed E-state index contributed by atoms with van der Waals surface area (Å²) in [5.74, 6) is 0.247. The third-order valence-corrected chi connectivity index (χ3v) is 4.39. The highest BCUT2D eigenvalue weighted by atomic mass is 16.3. The number of anilines is 2. The molecule has 0 aromatic heterocycles. The third-order valence-electron chi connectivity index (χ3n) is 4.39. The fourth-order valence-corrected chi connectivity index (χ4v) is 2.85. The summed E-state index contributed by atoms with van der Waals surface area (Å²) in [5.41, 5.74) is 3.16. The number of rotatable bonds is 2. The number of phenolic OH excluding ortho intramolecular Hbond substituents is 1. The number of aromatic hydroxyl groups is 1. The normalized spacial score (nSPS) is 14.1. The standard InChI is InChI=1S/C19H20N4O2/c1-14-2-3-15(13-20)12-18(14)21-19(25)23-10-8-22(9-11-23)16-4-6-17(24)7-5-16/h2-7,12,24H,8-11H2,1H3,(H,21,25). The van der Waals surface area contributed by atoms with Crippen LogP contribution in [0.4, 0.5) is 16.2 Å². The molecule has 1 saturated heterocycles. The first kappa shape index (κ1) is 16.7. The Hall–Kier alpha value is -3.20. The van der Waals surface area contributed by atoms with E-state index in [0.717, 1.165) is 24.3 Å². The minimum atomic E-state index is -0.149. The van der Waals surface area contributed by atoms with E-state index in [2.05, 4.69) is 16.3 Å². The molecule has 2 aromatic carbocycles. The molecule has 1 aliphatic heterocycles. The van der Waals surface area contributed by atoms with Crippen molar-refractivity contribution < 1.29 is 9.90 Å². The summed E-state index contributed by atoms with van der Waals surface area (Å²) in [4.78, 5) is 16.4. The molecule has 0 saturated carbocycles. The number of carbonyl (C=O) groups is 1. The number of urea groups is 1. The second-order valence-corrected chi connectivity index (χ2v) is 6.06. The Morgan fingerprint density at radius 2 is 1.80 bits per heavy atom. The predicted octanol–water partition coefficient (Wildman–Crippen LogP) is 2.93. The van der Waals surface area contributed by atoms with E-state index in [-0.39, 0.29) is 11.8 Å². The van der Waals surface area contributed by atoms with Crippen molar-refractivity contribution in [3.05, 3.63) is 53.6 Å². The number of hydrogen-bond donors (Lipinski definition) is 2. The lowest BCUT2D eigenvalue weighted by molar-refractivity contribution is 0.208. The number of nitriles is 1. The summed E-state index contributed by atoms with van der Waals surface area (Å²) in [6, 6.07) is 14.3. The van der Waals surface area contributed by atoms with E-state index < -0.39 is 0 Å². The summed E-state index contributed by atoms with van der Waals surface area (Å²) in [5, 5.41) is 21.3. The highest BCUT2D eigenvalue weighted by Gasteiger charge is 2.21. The Morgan fingerprint density at radius 3 is 2.44 bits per heavy atom. The molecule has 3 rings (SSSR count). The molecule has 0 radical (unpaired) electrons. The van der Waals surface area contributed by atoms with E-state index in [9.17, 15) is 9.90 Å². The second kappa shape index (κ2) is 7.14. The molecule has 1 heterocycles. The van der Waals surface area contributed by atoms with Crippen LogP contribution in [0.15, 0.2) is 42.5 Å². The zero-order chi connectivity index (χ0) is 17.8. The van der Waals surface area contributed by atoms with Crippen molar-refractivity contribution in [1.29, 1.82) is 5.26 Å². The first-order valence-corrected chi connectivity index (χ1v) is 8.17. The van der Waals surface area contributed by atoms with Crippen molar-refractivity contribution >= 4 is 17.4 Å². The van der Waals surface area contributed by atoms with Gasteiger partial charge in [0.2, 0.25) is 0 Å². The van der Waals surface area contributed by atoms with Crippen molar-refractivity contribution in [2.45, 2.75) is 6.92 Å². The number of nitrogens with zero attached hydrogens (tertiary/aromatic N) is 3. The number of piperazine rings is 1. The zero-order valence-electron chi connectivity index (χ0n) is 14.1. The molecule has 0 aliphatic carbocycles. The van der Waals surface area contributed by atoms with Crippen LogP contribution in [0.3, 0.4) is 0 Å². The molecule has 0 bridgehead atoms. The van der Waals surface area contributed by atoms with Gasteiger partial charge >= 0.3 is 6.03 Å². The Balaban J connectivity index is 1.60. The van der Waals surface area contributed by atoms with Crippen molar-refractivity contribution in [1.82, 2.24) is 4.90 Å². The Labute approximate surface area is 146 Å². The van der Waals surface area contributed by atoms with E-state index in [0.29, 0.717) is 24.3 Å². The van der Waals surface area contributed by atoms with Gasteiger partial charge in [-0.05, 0) is 48.9 Å². The molecule has 1 aliphatic rings. The molecule has 2 amide bonds. The molecular weight excluding hydrogens is 316 g/mol. The van der Waals surface area contributed by atoms with Crippen molar-refractivity contribution in [2.75, 3.05) is 36.4 Å². The van der Waals surface area contributed by atoms with Crippen LogP contribution in [-0.2, 0) is 0 Å². The van der Waals surface area contributed by atoms with E-state index in [1.807, 2.05) is 25.1 Å². The first-order chi connectivity index (χ1) is 12.1. The van der Waals surface area contributed by atoms with Gasteiger partial charge < -0.3 is 20.2 Å². The Bertz CT molecular complexity index is 803. The largest absolute Gasteiger partial charge is 0.508 e. The number of nitrogens with one attached hydrogen (secondary N) is 1. The molecule has 2 aromatic rings. The van der Waals surface area contributed by atoms with Crippen molar-refractivity contribution in [3.8, 4) is 11.8 Å². The van der Waals surface area contributed by atoms with Gasteiger partial charge in [0.05, 0.1) is 11.6 Å². The third kappa shape index (κ3) is 3.83. The van der Waals surface area contributed by atoms with Gasteiger partial charge in [0.1, 0.15) is 5.75 Å². The molecule has 1 fully saturated rings. The van der Waals surface area contributed by atoms with Crippen LogP contribution in [0.25, 0.3) is 0 Å². The molecule has 6 nitrogen and oxygen atoms in total. The quantitative estimate of drug-likeness (QED) is 0.884. The van der Waals surface area contributed by atoms with Crippen LogP contribution in [0.2, 0.25) is 0 Å². The van der Waals surface area contributed by atoms with Gasteiger partial charge in [-0.15, -0.1) is 0 Å². The lowest BCUT2D eigenvalue weighted by atomic mass is 10.1. The van der Waals surface area contributed by atoms with Crippen LogP contribution in [-0.4, -0.2) is 42.2 Å². The van der Waals surface area contributed by atoms with Crippen LogP contribution in [0.1, 0.15) is 11.1 Å². The molecule has 6 heteroatoms. The number of carbonyl (C=O) groups excluding carboxylic acids is 1. The van der Waals surface area contributed by atoms with Crippen molar-refractivity contribution in [3.63, 3.8) is 0 Å². The maximum absolute atomic E-state index is 12.5. The molecule has 128 valence electrons. The van der Waals surface area contributed by atoms with Gasteiger partial charge in [-0.1, -0.05) is 6.07 Å². The van der Waals surface area contributed by atoms with Crippen LogP contribution in [0, 0.1) is 18.3 Å². The molecular formula is C19H20N4O2. The van der Waals surface area contributed by atoms with E-state index in [1.54, 1.807) is 29.2 Å². The summed E-state index contributed by atoms with van der Waals surface area (Å²) in [7, 11) is 0. The van der Waals surface area contributed by atoms with E-state index in [1.165, 1.54) is 0 Å². The zero-order valence-corrected chi connectivity index (χ0v) is 14.1. The predicted molar refractivity (Wildman–Crippen MR) is 96.8 cm³/mol. The van der Waals surface area contributed by atoms with Gasteiger partial charge in [-0.25, -0.2) is 4.79 Å². The number of amides is 2. The minimum Gasteiger partial charge on any atom is -0.508 e. The van der Waals surface area contributed by atoms with Gasteiger partial charge in [0, 0.05) is 37.6 Å². The second-order valence-electron chi connectivity index (χ2n) is 6.06. The van der Waals surface area contributed by atoms with Crippen LogP contribution in [0.5, 0.6) is 5.75 Å². The fourth-order valence-electron chi connectivity index (χ4n) is 2.85. The summed E-state index contributed by atoms with van der Waals surface area (Å²) >= 11 is 0. The summed E-state index contributed by atoms with van der Waals surface area (Å²) < 4.78 is 0. The Morgan fingerprint density at radius 1 is 1.12 bits per heavy atom. The van der Waals surface area contributed by atoms with Crippen LogP contribution >= 0.6 is 0 Å². The SMILES string of the molecule is Cc1ccc(C#N)cc1NC(=O)N1CCN(c2ccc(O)cc2)CC1. The van der Waals surface area contributed by atoms with Crippen LogP contribution < -0.4 is 10.2 Å². The van der Waals surface area contributed by atoms with Gasteiger partial charge in [-0.2, -0.15) is 5.26 Å². The van der Waals surface area contributed by atoms with Crippen molar-refractivity contribution in [2.24, 2.45) is 0 Å². The smallest absolute Gasteiger partial charge is 0.321 e. The monoisotopic (exact) mass is 336 g/mol. The molecule has 2 N–H and O–H groups in total. The average molecular weight is 336 g/mol. The van der Waals surface area contributed by atoms with E-state index in [4.69, 9.17) is 5.26 Å². The molecule has 0 spiro atoms. The maximum atomic E-state index is 12.5. The van der Waals surface area contributed by atoms with Gasteiger partial charge in [0.15, 0.2) is 0 Å². The highest BCUT2D eigenvalue weighted by Crippen LogP contribution is 2.21. The fraction of sp³-hybridized carbons (Fsp3) is 0.263.